The van der Waals surface area contributed by atoms with Crippen LogP contribution in [-0.4, -0.2) is 46.5 Å². The second-order valence-electron chi connectivity index (χ2n) is 6.62. The molecular weight excluding hydrogens is 419 g/mol. The first-order chi connectivity index (χ1) is 11.2. The Kier molecular flexibility index (Phi) is 7.73. The number of ether oxygens (including phenoxy) is 1. The number of aliphatic imine (C=N–C) groups is 1. The van der Waals surface area contributed by atoms with Crippen LogP contribution < -0.4 is 10.6 Å². The van der Waals surface area contributed by atoms with Crippen LogP contribution in [0.3, 0.4) is 0 Å². The van der Waals surface area contributed by atoms with Crippen LogP contribution in [0.2, 0.25) is 0 Å². The van der Waals surface area contributed by atoms with Crippen molar-refractivity contribution in [3.8, 4) is 0 Å². The number of rotatable bonds is 5. The Labute approximate surface area is 161 Å². The number of guanidine groups is 1. The van der Waals surface area contributed by atoms with Gasteiger partial charge in [0, 0.05) is 32.2 Å². The topological polar surface area (TPSA) is 76.4 Å². The maximum Gasteiger partial charge on any atom is 0.191 e. The first-order valence-corrected chi connectivity index (χ1v) is 8.70. The van der Waals surface area contributed by atoms with E-state index in [1.165, 1.54) is 25.7 Å². The summed E-state index contributed by atoms with van der Waals surface area (Å²) in [6.07, 6.45) is 6.21. The lowest BCUT2D eigenvalue weighted by atomic mass is 10.1. The average molecular weight is 448 g/mol. The van der Waals surface area contributed by atoms with E-state index in [4.69, 9.17) is 9.73 Å². The van der Waals surface area contributed by atoms with Gasteiger partial charge in [-0.15, -0.1) is 34.2 Å². The van der Waals surface area contributed by atoms with Crippen LogP contribution >= 0.6 is 24.0 Å². The van der Waals surface area contributed by atoms with E-state index >= 15 is 0 Å². The third-order valence-electron chi connectivity index (χ3n) is 4.84. The lowest BCUT2D eigenvalue weighted by Gasteiger charge is -2.19. The van der Waals surface area contributed by atoms with Crippen molar-refractivity contribution in [1.29, 1.82) is 0 Å². The van der Waals surface area contributed by atoms with Crippen LogP contribution in [0.4, 0.5) is 0 Å². The Bertz CT molecular complexity index is 535. The second kappa shape index (κ2) is 9.55. The minimum atomic E-state index is 0. The Morgan fingerprint density at radius 1 is 1.29 bits per heavy atom. The molecule has 24 heavy (non-hydrogen) atoms. The maximum absolute atomic E-state index is 5.45. The van der Waals surface area contributed by atoms with Crippen LogP contribution in [0.25, 0.3) is 0 Å². The van der Waals surface area contributed by atoms with Crippen LogP contribution in [0.5, 0.6) is 0 Å². The predicted octanol–water partition coefficient (Wildman–Crippen LogP) is 1.76. The van der Waals surface area contributed by atoms with Gasteiger partial charge in [0.05, 0.1) is 6.61 Å². The van der Waals surface area contributed by atoms with Gasteiger partial charge >= 0.3 is 0 Å². The number of nitrogens with zero attached hydrogens (tertiary/aromatic N) is 4. The molecule has 2 N–H and O–H groups in total. The lowest BCUT2D eigenvalue weighted by molar-refractivity contribution is 0.186. The van der Waals surface area contributed by atoms with Crippen LogP contribution in [0.15, 0.2) is 4.99 Å². The SMILES string of the molecule is Cc1nnc(CN=C(NCC2CCOC2)NC2CCCC2)n1C.I. The van der Waals surface area contributed by atoms with Gasteiger partial charge in [-0.1, -0.05) is 12.8 Å². The van der Waals surface area contributed by atoms with E-state index in [9.17, 15) is 0 Å². The molecule has 8 heteroatoms. The summed E-state index contributed by atoms with van der Waals surface area (Å²) < 4.78 is 7.44. The molecule has 0 bridgehead atoms. The normalized spacial score (nSPS) is 21.8. The molecule has 1 saturated heterocycles. The summed E-state index contributed by atoms with van der Waals surface area (Å²) in [6.45, 7) is 5.15. The minimum Gasteiger partial charge on any atom is -0.381 e. The lowest BCUT2D eigenvalue weighted by Crippen LogP contribution is -2.44. The molecule has 2 aliphatic rings. The van der Waals surface area contributed by atoms with E-state index in [1.54, 1.807) is 0 Å². The van der Waals surface area contributed by atoms with Gasteiger partial charge in [-0.3, -0.25) is 0 Å². The molecule has 1 aliphatic heterocycles. The van der Waals surface area contributed by atoms with E-state index in [-0.39, 0.29) is 24.0 Å². The molecule has 1 aromatic heterocycles. The van der Waals surface area contributed by atoms with Crippen molar-refractivity contribution in [2.24, 2.45) is 18.0 Å². The highest BCUT2D eigenvalue weighted by Gasteiger charge is 2.19. The summed E-state index contributed by atoms with van der Waals surface area (Å²) in [6, 6.07) is 0.544. The highest BCUT2D eigenvalue weighted by Crippen LogP contribution is 2.17. The van der Waals surface area contributed by atoms with Crippen molar-refractivity contribution in [3.05, 3.63) is 11.6 Å². The highest BCUT2D eigenvalue weighted by molar-refractivity contribution is 14.0. The van der Waals surface area contributed by atoms with Crippen molar-refractivity contribution >= 4 is 29.9 Å². The Balaban J connectivity index is 0.00000208. The molecule has 0 amide bonds. The molecule has 136 valence electrons. The van der Waals surface area contributed by atoms with Crippen LogP contribution in [-0.2, 0) is 18.3 Å². The molecule has 1 aliphatic carbocycles. The number of halogens is 1. The largest absolute Gasteiger partial charge is 0.381 e. The van der Waals surface area contributed by atoms with E-state index in [0.29, 0.717) is 18.5 Å². The molecule has 7 nitrogen and oxygen atoms in total. The van der Waals surface area contributed by atoms with Gasteiger partial charge in [-0.25, -0.2) is 4.99 Å². The second-order valence-corrected chi connectivity index (χ2v) is 6.62. The van der Waals surface area contributed by atoms with Gasteiger partial charge in [-0.05, 0) is 26.2 Å². The van der Waals surface area contributed by atoms with Gasteiger partial charge in [-0.2, -0.15) is 0 Å². The van der Waals surface area contributed by atoms with E-state index in [2.05, 4.69) is 20.8 Å². The fourth-order valence-electron chi connectivity index (χ4n) is 3.14. The summed E-state index contributed by atoms with van der Waals surface area (Å²) in [5.41, 5.74) is 0. The van der Waals surface area contributed by atoms with Crippen molar-refractivity contribution < 1.29 is 4.74 Å². The van der Waals surface area contributed by atoms with Crippen LogP contribution in [0, 0.1) is 12.8 Å². The molecule has 2 heterocycles. The number of nitrogens with one attached hydrogen (secondary N) is 2. The summed E-state index contributed by atoms with van der Waals surface area (Å²) in [7, 11) is 1.98. The number of aromatic nitrogens is 3. The standard InChI is InChI=1S/C16H28N6O.HI/c1-12-20-21-15(22(12)2)10-18-16(19-14-5-3-4-6-14)17-9-13-7-8-23-11-13;/h13-14H,3-11H2,1-2H3,(H2,17,18,19);1H. The van der Waals surface area contributed by atoms with Gasteiger partial charge in [0.15, 0.2) is 11.8 Å². The molecule has 0 aromatic carbocycles. The maximum atomic E-state index is 5.45. The summed E-state index contributed by atoms with van der Waals surface area (Å²) in [4.78, 5) is 4.72. The fraction of sp³-hybridized carbons (Fsp3) is 0.812. The summed E-state index contributed by atoms with van der Waals surface area (Å²) in [5, 5.41) is 15.3. The monoisotopic (exact) mass is 448 g/mol. The first kappa shape index (κ1) is 19.4. The van der Waals surface area contributed by atoms with Crippen molar-refractivity contribution in [1.82, 2.24) is 25.4 Å². The van der Waals surface area contributed by atoms with E-state index in [1.807, 2.05) is 18.5 Å². The van der Waals surface area contributed by atoms with E-state index < -0.39 is 0 Å². The Morgan fingerprint density at radius 2 is 2.08 bits per heavy atom. The third-order valence-corrected chi connectivity index (χ3v) is 4.84. The zero-order chi connectivity index (χ0) is 16.1. The summed E-state index contributed by atoms with van der Waals surface area (Å²) in [5.74, 6) is 3.28. The molecule has 1 unspecified atom stereocenters. The number of hydrogen-bond donors (Lipinski definition) is 2. The average Bonchev–Trinajstić information content (AvgIpc) is 3.28. The minimum absolute atomic E-state index is 0. The Hall–Kier alpha value is -0.900. The fourth-order valence-corrected chi connectivity index (χ4v) is 3.14. The van der Waals surface area contributed by atoms with Gasteiger partial charge < -0.3 is 19.9 Å². The predicted molar refractivity (Wildman–Crippen MR) is 105 cm³/mol. The molecule has 1 atom stereocenters. The molecule has 0 radical (unpaired) electrons. The molecule has 3 rings (SSSR count). The van der Waals surface area contributed by atoms with Gasteiger partial charge in [0.2, 0.25) is 0 Å². The first-order valence-electron chi connectivity index (χ1n) is 8.70. The van der Waals surface area contributed by atoms with E-state index in [0.717, 1.165) is 43.8 Å². The molecule has 1 saturated carbocycles. The number of hydrogen-bond acceptors (Lipinski definition) is 4. The molecule has 2 fully saturated rings. The zero-order valence-corrected chi connectivity index (χ0v) is 17.0. The molecule has 1 aromatic rings. The quantitative estimate of drug-likeness (QED) is 0.408. The molecular formula is C16H29IN6O. The van der Waals surface area contributed by atoms with Crippen molar-refractivity contribution in [2.75, 3.05) is 19.8 Å². The zero-order valence-electron chi connectivity index (χ0n) is 14.6. The molecule has 0 spiro atoms. The number of aryl methyl sites for hydroxylation is 1. The van der Waals surface area contributed by atoms with Gasteiger partial charge in [0.25, 0.3) is 0 Å². The van der Waals surface area contributed by atoms with Crippen molar-refractivity contribution in [2.45, 2.75) is 51.6 Å². The van der Waals surface area contributed by atoms with Gasteiger partial charge in [0.1, 0.15) is 12.4 Å². The highest BCUT2D eigenvalue weighted by atomic mass is 127. The van der Waals surface area contributed by atoms with Crippen molar-refractivity contribution in [3.63, 3.8) is 0 Å². The Morgan fingerprint density at radius 3 is 2.71 bits per heavy atom. The smallest absolute Gasteiger partial charge is 0.191 e. The summed E-state index contributed by atoms with van der Waals surface area (Å²) >= 11 is 0. The third kappa shape index (κ3) is 5.30. The van der Waals surface area contributed by atoms with Crippen LogP contribution in [0.1, 0.15) is 43.8 Å².